The molecule has 0 unspecified atom stereocenters. The number of aliphatic hydroxyl groups is 1. The first-order chi connectivity index (χ1) is 18.2. The smallest absolute Gasteiger partial charge is 0.335 e. The first-order valence-electron chi connectivity index (χ1n) is 12.8. The van der Waals surface area contributed by atoms with Crippen molar-refractivity contribution in [2.45, 2.75) is 45.8 Å². The van der Waals surface area contributed by atoms with Crippen LogP contribution >= 0.6 is 0 Å². The summed E-state index contributed by atoms with van der Waals surface area (Å²) in [6, 6.07) is 18.7. The highest BCUT2D eigenvalue weighted by atomic mass is 16.5. The van der Waals surface area contributed by atoms with Crippen LogP contribution in [0.2, 0.25) is 0 Å². The zero-order valence-corrected chi connectivity index (χ0v) is 22.3. The summed E-state index contributed by atoms with van der Waals surface area (Å²) in [5, 5.41) is 19.9. The predicted octanol–water partition coefficient (Wildman–Crippen LogP) is 3.46. The third kappa shape index (κ3) is 8.01. The van der Waals surface area contributed by atoms with Crippen LogP contribution in [-0.4, -0.2) is 70.3 Å². The number of aromatic amines is 1. The molecule has 38 heavy (non-hydrogen) atoms. The van der Waals surface area contributed by atoms with Gasteiger partial charge in [0.15, 0.2) is 11.8 Å². The normalized spacial score (nSPS) is 12.6. The molecule has 3 aromatic rings. The summed E-state index contributed by atoms with van der Waals surface area (Å²) < 4.78 is 4.93. The molecule has 9 nitrogen and oxygen atoms in total. The number of nitrogens with zero attached hydrogens (tertiary/aromatic N) is 2. The lowest BCUT2D eigenvalue weighted by atomic mass is 9.97. The van der Waals surface area contributed by atoms with Gasteiger partial charge in [0.25, 0.3) is 11.8 Å². The topological polar surface area (TPSA) is 125 Å². The molecule has 202 valence electrons. The first-order valence-corrected chi connectivity index (χ1v) is 12.8. The molecule has 9 heteroatoms. The molecule has 2 amide bonds. The van der Waals surface area contributed by atoms with Gasteiger partial charge >= 0.3 is 5.97 Å². The Bertz CT molecular complexity index is 1210. The number of benzene rings is 2. The van der Waals surface area contributed by atoms with E-state index in [4.69, 9.17) is 4.74 Å². The van der Waals surface area contributed by atoms with Crippen molar-refractivity contribution in [2.75, 3.05) is 20.2 Å². The maximum atomic E-state index is 13.0. The van der Waals surface area contributed by atoms with E-state index in [1.54, 1.807) is 18.9 Å². The quantitative estimate of drug-likeness (QED) is 0.314. The van der Waals surface area contributed by atoms with Crippen molar-refractivity contribution in [3.8, 4) is 11.1 Å². The van der Waals surface area contributed by atoms with Crippen LogP contribution in [0, 0.1) is 5.92 Å². The van der Waals surface area contributed by atoms with E-state index in [-0.39, 0.29) is 30.3 Å². The molecule has 0 aliphatic carbocycles. The minimum absolute atomic E-state index is 0.0396. The largest absolute Gasteiger partial charge is 0.464 e. The van der Waals surface area contributed by atoms with Gasteiger partial charge in [0.2, 0.25) is 0 Å². The minimum atomic E-state index is -1.40. The molecule has 0 fully saturated rings. The zero-order chi connectivity index (χ0) is 27.7. The van der Waals surface area contributed by atoms with Gasteiger partial charge in [0.1, 0.15) is 5.69 Å². The molecule has 2 aromatic carbocycles. The Labute approximate surface area is 223 Å². The number of aliphatic hydroxyl groups excluding tert-OH is 1. The Morgan fingerprint density at radius 2 is 1.71 bits per heavy atom. The molecule has 0 saturated heterocycles. The van der Waals surface area contributed by atoms with E-state index in [0.717, 1.165) is 16.7 Å². The maximum absolute atomic E-state index is 13.0. The third-order valence-corrected chi connectivity index (χ3v) is 5.97. The van der Waals surface area contributed by atoms with E-state index >= 15 is 0 Å². The Kier molecular flexibility index (Phi) is 10.2. The number of carbonyl (C=O) groups excluding carboxylic acids is 3. The van der Waals surface area contributed by atoms with E-state index in [2.05, 4.69) is 15.5 Å². The van der Waals surface area contributed by atoms with Crippen LogP contribution < -0.4 is 5.32 Å². The van der Waals surface area contributed by atoms with Gasteiger partial charge in [-0.25, -0.2) is 4.79 Å². The Morgan fingerprint density at radius 3 is 2.34 bits per heavy atom. The number of rotatable bonds is 12. The fourth-order valence-corrected chi connectivity index (χ4v) is 4.18. The average molecular weight is 521 g/mol. The molecule has 1 heterocycles. The van der Waals surface area contributed by atoms with Gasteiger partial charge < -0.3 is 20.1 Å². The summed E-state index contributed by atoms with van der Waals surface area (Å²) in [7, 11) is 1.69. The van der Waals surface area contributed by atoms with Crippen molar-refractivity contribution in [1.29, 1.82) is 0 Å². The van der Waals surface area contributed by atoms with Gasteiger partial charge in [0, 0.05) is 32.1 Å². The van der Waals surface area contributed by atoms with Gasteiger partial charge in [-0.15, -0.1) is 0 Å². The zero-order valence-electron chi connectivity index (χ0n) is 22.3. The maximum Gasteiger partial charge on any atom is 0.335 e. The number of aromatic nitrogens is 2. The summed E-state index contributed by atoms with van der Waals surface area (Å²) in [4.78, 5) is 39.3. The highest BCUT2D eigenvalue weighted by Gasteiger charge is 2.25. The van der Waals surface area contributed by atoms with Crippen LogP contribution in [0.1, 0.15) is 53.7 Å². The molecular weight excluding hydrogens is 484 g/mol. The van der Waals surface area contributed by atoms with Crippen LogP contribution in [0.3, 0.4) is 0 Å². The molecule has 0 aliphatic heterocycles. The van der Waals surface area contributed by atoms with E-state index in [1.807, 2.05) is 68.4 Å². The Morgan fingerprint density at radius 1 is 1.05 bits per heavy atom. The number of ether oxygens (including phenoxy) is 1. The van der Waals surface area contributed by atoms with Crippen molar-refractivity contribution < 1.29 is 24.2 Å². The number of esters is 1. The second-order valence-electron chi connectivity index (χ2n) is 9.69. The molecule has 0 spiro atoms. The van der Waals surface area contributed by atoms with Gasteiger partial charge in [0.05, 0.1) is 6.61 Å². The first kappa shape index (κ1) is 28.6. The molecule has 2 atom stereocenters. The van der Waals surface area contributed by atoms with Crippen molar-refractivity contribution in [3.63, 3.8) is 0 Å². The number of nitrogens with one attached hydrogen (secondary N) is 2. The number of hydrogen-bond acceptors (Lipinski definition) is 6. The van der Waals surface area contributed by atoms with Crippen LogP contribution in [-0.2, 0) is 16.0 Å². The second-order valence-corrected chi connectivity index (χ2v) is 9.69. The minimum Gasteiger partial charge on any atom is -0.464 e. The number of amides is 2. The fourth-order valence-electron chi connectivity index (χ4n) is 4.18. The molecule has 0 aliphatic rings. The van der Waals surface area contributed by atoms with Crippen LogP contribution in [0.15, 0.2) is 60.7 Å². The summed E-state index contributed by atoms with van der Waals surface area (Å²) in [6.45, 7) is 6.38. The van der Waals surface area contributed by atoms with E-state index < -0.39 is 24.0 Å². The van der Waals surface area contributed by atoms with E-state index in [1.165, 1.54) is 6.07 Å². The van der Waals surface area contributed by atoms with Gasteiger partial charge in [-0.3, -0.25) is 14.7 Å². The lowest BCUT2D eigenvalue weighted by Gasteiger charge is -2.21. The van der Waals surface area contributed by atoms with Gasteiger partial charge in [-0.2, -0.15) is 5.10 Å². The molecule has 0 saturated carbocycles. The highest BCUT2D eigenvalue weighted by Crippen LogP contribution is 2.20. The molecule has 1 aromatic heterocycles. The highest BCUT2D eigenvalue weighted by molar-refractivity contribution is 5.97. The van der Waals surface area contributed by atoms with Crippen LogP contribution in [0.5, 0.6) is 0 Å². The van der Waals surface area contributed by atoms with Crippen molar-refractivity contribution in [2.24, 2.45) is 5.92 Å². The lowest BCUT2D eigenvalue weighted by molar-refractivity contribution is -0.153. The van der Waals surface area contributed by atoms with Crippen molar-refractivity contribution in [3.05, 3.63) is 77.6 Å². The van der Waals surface area contributed by atoms with Gasteiger partial charge in [-0.1, -0.05) is 68.4 Å². The van der Waals surface area contributed by atoms with Crippen LogP contribution in [0.4, 0.5) is 0 Å². The van der Waals surface area contributed by atoms with E-state index in [9.17, 15) is 19.5 Å². The molecule has 3 rings (SSSR count). The second kappa shape index (κ2) is 13.5. The fraction of sp³-hybridized carbons (Fsp3) is 0.379. The number of hydrogen-bond donors (Lipinski definition) is 3. The lowest BCUT2D eigenvalue weighted by Crippen LogP contribution is -2.41. The summed E-state index contributed by atoms with van der Waals surface area (Å²) in [5.41, 5.74) is 3.31. The Hall–Kier alpha value is -3.98. The average Bonchev–Trinajstić information content (AvgIpc) is 3.39. The standard InChI is InChI=1S/C29H36N4O5/c1-5-38-29(37)26(34)16-23(15-20-11-13-22(14-12-20)21-9-7-6-8-10-21)30-27(35)24-17-25(32-31-24)28(36)33(4)18-19(2)3/h6-14,17,19,23,26,34H,5,15-16,18H2,1-4H3,(H,30,35)(H,31,32)/t23-,26-/m1/s1. The third-order valence-electron chi connectivity index (χ3n) is 5.97. The monoisotopic (exact) mass is 520 g/mol. The summed E-state index contributed by atoms with van der Waals surface area (Å²) in [5.74, 6) is -1.24. The van der Waals surface area contributed by atoms with Crippen LogP contribution in [0.25, 0.3) is 11.1 Å². The van der Waals surface area contributed by atoms with Crippen molar-refractivity contribution in [1.82, 2.24) is 20.4 Å². The van der Waals surface area contributed by atoms with E-state index in [0.29, 0.717) is 18.9 Å². The van der Waals surface area contributed by atoms with Gasteiger partial charge in [-0.05, 0) is 36.0 Å². The molecule has 0 radical (unpaired) electrons. The van der Waals surface area contributed by atoms with Crippen molar-refractivity contribution >= 4 is 17.8 Å². The molecule has 3 N–H and O–H groups in total. The SMILES string of the molecule is CCOC(=O)[C@H](O)C[C@@H](Cc1ccc(-c2ccccc2)cc1)NC(=O)c1cc(C(=O)N(C)CC(C)C)n[nH]1. The molecule has 0 bridgehead atoms. The Balaban J connectivity index is 1.73. The summed E-state index contributed by atoms with van der Waals surface area (Å²) in [6.07, 6.45) is -1.07. The summed E-state index contributed by atoms with van der Waals surface area (Å²) >= 11 is 0. The predicted molar refractivity (Wildman–Crippen MR) is 144 cm³/mol. The molecular formula is C29H36N4O5. The number of carbonyl (C=O) groups is 3. The number of H-pyrrole nitrogens is 1.